The Kier molecular flexibility index (Phi) is 5.03. The molecule has 4 nitrogen and oxygen atoms in total. The third-order valence-corrected chi connectivity index (χ3v) is 2.54. The Bertz CT molecular complexity index is 415. The first-order valence-corrected chi connectivity index (χ1v) is 5.98. The second-order valence-electron chi connectivity index (χ2n) is 3.16. The van der Waals surface area contributed by atoms with E-state index in [1.807, 2.05) is 12.2 Å². The summed E-state index contributed by atoms with van der Waals surface area (Å²) in [6.07, 6.45) is 3.69. The Hall–Kier alpha value is -1.49. The van der Waals surface area contributed by atoms with E-state index >= 15 is 0 Å². The third-order valence-electron chi connectivity index (χ3n) is 2.16. The van der Waals surface area contributed by atoms with Crippen molar-refractivity contribution in [3.63, 3.8) is 0 Å². The largest absolute Gasteiger partial charge is 0.496 e. The van der Waals surface area contributed by atoms with Crippen LogP contribution in [-0.4, -0.2) is 30.6 Å². The number of hydrogen-bond acceptors (Lipinski definition) is 3. The molecule has 0 fully saturated rings. The fraction of sp³-hybridized carbons (Fsp3) is 0.250. The van der Waals surface area contributed by atoms with Crippen LogP contribution >= 0.6 is 15.9 Å². The molecule has 0 saturated heterocycles. The zero-order valence-corrected chi connectivity index (χ0v) is 11.2. The zero-order chi connectivity index (χ0) is 12.8. The van der Waals surface area contributed by atoms with Crippen LogP contribution in [0.4, 0.5) is 0 Å². The van der Waals surface area contributed by atoms with Gasteiger partial charge in [-0.1, -0.05) is 28.1 Å². The highest BCUT2D eigenvalue weighted by molar-refractivity contribution is 9.09. The molecule has 0 aliphatic carbocycles. The van der Waals surface area contributed by atoms with Crippen molar-refractivity contribution < 1.29 is 19.4 Å². The Morgan fingerprint density at radius 2 is 1.88 bits per heavy atom. The summed E-state index contributed by atoms with van der Waals surface area (Å²) in [7, 11) is 2.98. The number of carbonyl (C=O) groups is 1. The Morgan fingerprint density at radius 3 is 2.24 bits per heavy atom. The molecule has 17 heavy (non-hydrogen) atoms. The van der Waals surface area contributed by atoms with Gasteiger partial charge in [0.15, 0.2) is 0 Å². The zero-order valence-electron chi connectivity index (χ0n) is 9.57. The van der Waals surface area contributed by atoms with Crippen molar-refractivity contribution in [2.24, 2.45) is 0 Å². The lowest BCUT2D eigenvalue weighted by Crippen LogP contribution is -2.00. The van der Waals surface area contributed by atoms with Crippen LogP contribution in [0.3, 0.4) is 0 Å². The summed E-state index contributed by atoms with van der Waals surface area (Å²) in [6, 6.07) is 2.94. The Morgan fingerprint density at radius 1 is 1.35 bits per heavy atom. The summed E-state index contributed by atoms with van der Waals surface area (Å²) in [5.74, 6) is -0.0736. The predicted molar refractivity (Wildman–Crippen MR) is 69.3 cm³/mol. The average Bonchev–Trinajstić information content (AvgIpc) is 2.34. The summed E-state index contributed by atoms with van der Waals surface area (Å²) in [5, 5.41) is 9.65. The van der Waals surface area contributed by atoms with Gasteiger partial charge in [-0.15, -0.1) is 0 Å². The van der Waals surface area contributed by atoms with Gasteiger partial charge in [-0.25, -0.2) is 4.79 Å². The molecule has 1 N–H and O–H groups in total. The van der Waals surface area contributed by atoms with E-state index in [9.17, 15) is 4.79 Å². The molecule has 92 valence electrons. The number of hydrogen-bond donors (Lipinski definition) is 1. The van der Waals surface area contributed by atoms with Crippen molar-refractivity contribution in [1.82, 2.24) is 0 Å². The minimum Gasteiger partial charge on any atom is -0.496 e. The van der Waals surface area contributed by atoms with Crippen LogP contribution in [-0.2, 0) is 0 Å². The number of carboxylic acids is 1. The lowest BCUT2D eigenvalue weighted by molar-refractivity contribution is 0.0696. The second-order valence-corrected chi connectivity index (χ2v) is 3.80. The van der Waals surface area contributed by atoms with Crippen molar-refractivity contribution in [1.29, 1.82) is 0 Å². The minimum atomic E-state index is -1.02. The highest BCUT2D eigenvalue weighted by Crippen LogP contribution is 2.31. The van der Waals surface area contributed by atoms with E-state index in [0.717, 1.165) is 5.56 Å². The number of rotatable bonds is 5. The van der Waals surface area contributed by atoms with Crippen LogP contribution in [0.2, 0.25) is 0 Å². The van der Waals surface area contributed by atoms with E-state index in [1.165, 1.54) is 26.4 Å². The van der Waals surface area contributed by atoms with Gasteiger partial charge in [0.2, 0.25) is 0 Å². The van der Waals surface area contributed by atoms with Crippen molar-refractivity contribution in [3.8, 4) is 11.5 Å². The van der Waals surface area contributed by atoms with Gasteiger partial charge in [0.05, 0.1) is 25.3 Å². The number of aromatic carboxylic acids is 1. The molecule has 0 saturated carbocycles. The molecular formula is C12H13BrO4. The lowest BCUT2D eigenvalue weighted by Gasteiger charge is -2.11. The highest BCUT2D eigenvalue weighted by atomic mass is 79.9. The van der Waals surface area contributed by atoms with E-state index in [4.69, 9.17) is 14.6 Å². The smallest absolute Gasteiger partial charge is 0.335 e. The Labute approximate surface area is 108 Å². The van der Waals surface area contributed by atoms with Crippen LogP contribution < -0.4 is 9.47 Å². The number of halogens is 1. The van der Waals surface area contributed by atoms with E-state index in [-0.39, 0.29) is 5.56 Å². The molecular weight excluding hydrogens is 288 g/mol. The highest BCUT2D eigenvalue weighted by Gasteiger charge is 2.13. The van der Waals surface area contributed by atoms with Crippen molar-refractivity contribution in [2.45, 2.75) is 0 Å². The maximum absolute atomic E-state index is 10.9. The maximum Gasteiger partial charge on any atom is 0.335 e. The number of benzene rings is 1. The number of ether oxygens (including phenoxy) is 2. The molecule has 1 aromatic rings. The van der Waals surface area contributed by atoms with Gasteiger partial charge >= 0.3 is 5.97 Å². The molecule has 0 aliphatic rings. The lowest BCUT2D eigenvalue weighted by atomic mass is 10.1. The topological polar surface area (TPSA) is 55.8 Å². The number of methoxy groups -OCH3 is 2. The van der Waals surface area contributed by atoms with Gasteiger partial charge in [0, 0.05) is 5.33 Å². The molecule has 1 aromatic carbocycles. The van der Waals surface area contributed by atoms with Gasteiger partial charge in [0.1, 0.15) is 11.5 Å². The summed E-state index contributed by atoms with van der Waals surface area (Å²) < 4.78 is 10.3. The minimum absolute atomic E-state index is 0.134. The quantitative estimate of drug-likeness (QED) is 0.850. The number of alkyl halides is 1. The first kappa shape index (κ1) is 13.6. The van der Waals surface area contributed by atoms with Crippen LogP contribution in [0.5, 0.6) is 11.5 Å². The molecule has 0 amide bonds. The molecule has 5 heteroatoms. The van der Waals surface area contributed by atoms with Crippen LogP contribution in [0.25, 0.3) is 6.08 Å². The van der Waals surface area contributed by atoms with Crippen LogP contribution in [0, 0.1) is 0 Å². The summed E-state index contributed by atoms with van der Waals surface area (Å²) >= 11 is 3.27. The van der Waals surface area contributed by atoms with Gasteiger partial charge in [-0.2, -0.15) is 0 Å². The standard InChI is InChI=1S/C12H13BrO4/c1-16-10-6-8(12(14)15)7-11(17-2)9(10)4-3-5-13/h3-4,6-7H,5H2,1-2H3,(H,14,15). The molecule has 0 atom stereocenters. The number of carboxylic acid groups (broad SMARTS) is 1. The summed E-state index contributed by atoms with van der Waals surface area (Å²) in [5.41, 5.74) is 0.856. The SMILES string of the molecule is COc1cc(C(=O)O)cc(OC)c1C=CCBr. The molecule has 0 bridgehead atoms. The van der Waals surface area contributed by atoms with Gasteiger partial charge in [-0.05, 0) is 12.1 Å². The van der Waals surface area contributed by atoms with Crippen molar-refractivity contribution in [3.05, 3.63) is 29.3 Å². The molecule has 0 radical (unpaired) electrons. The average molecular weight is 301 g/mol. The van der Waals surface area contributed by atoms with E-state index in [1.54, 1.807) is 0 Å². The summed E-state index contributed by atoms with van der Waals surface area (Å²) in [6.45, 7) is 0. The molecule has 0 spiro atoms. The maximum atomic E-state index is 10.9. The monoisotopic (exact) mass is 300 g/mol. The molecule has 0 aliphatic heterocycles. The van der Waals surface area contributed by atoms with Gasteiger partial charge in [-0.3, -0.25) is 0 Å². The van der Waals surface area contributed by atoms with E-state index < -0.39 is 5.97 Å². The summed E-state index contributed by atoms with van der Waals surface area (Å²) in [4.78, 5) is 10.9. The molecule has 0 aromatic heterocycles. The third kappa shape index (κ3) is 3.23. The molecule has 0 unspecified atom stereocenters. The van der Waals surface area contributed by atoms with Crippen molar-refractivity contribution >= 4 is 28.0 Å². The van der Waals surface area contributed by atoms with E-state index in [2.05, 4.69) is 15.9 Å². The fourth-order valence-corrected chi connectivity index (χ4v) is 1.58. The second kappa shape index (κ2) is 6.30. The van der Waals surface area contributed by atoms with Crippen molar-refractivity contribution in [2.75, 3.05) is 19.5 Å². The van der Waals surface area contributed by atoms with Gasteiger partial charge < -0.3 is 14.6 Å². The van der Waals surface area contributed by atoms with Gasteiger partial charge in [0.25, 0.3) is 0 Å². The fourth-order valence-electron chi connectivity index (χ4n) is 1.39. The Balaban J connectivity index is 3.35. The predicted octanol–water partition coefficient (Wildman–Crippen LogP) is 2.81. The molecule has 1 rings (SSSR count). The molecule has 0 heterocycles. The van der Waals surface area contributed by atoms with Crippen LogP contribution in [0.15, 0.2) is 18.2 Å². The first-order chi connectivity index (χ1) is 8.13. The number of allylic oxidation sites excluding steroid dienone is 1. The van der Waals surface area contributed by atoms with Crippen LogP contribution in [0.1, 0.15) is 15.9 Å². The van der Waals surface area contributed by atoms with E-state index in [0.29, 0.717) is 16.8 Å². The first-order valence-electron chi connectivity index (χ1n) is 4.85. The normalized spacial score (nSPS) is 10.5.